The number of hydrogen-bond acceptors (Lipinski definition) is 6. The van der Waals surface area contributed by atoms with Crippen LogP contribution in [0.3, 0.4) is 0 Å². The fraction of sp³-hybridized carbons (Fsp3) is 0.321. The average molecular weight is 509 g/mol. The molecule has 0 spiro atoms. The van der Waals surface area contributed by atoms with Gasteiger partial charge in [0.25, 0.3) is 11.8 Å². The third-order valence-electron chi connectivity index (χ3n) is 5.64. The first-order chi connectivity index (χ1) is 17.3. The molecule has 2 aromatic rings. The summed E-state index contributed by atoms with van der Waals surface area (Å²) in [6, 6.07) is 14.6. The molecule has 1 aliphatic rings. The van der Waals surface area contributed by atoms with Crippen molar-refractivity contribution >= 4 is 29.5 Å². The molecule has 1 heterocycles. The van der Waals surface area contributed by atoms with Crippen molar-refractivity contribution in [2.75, 3.05) is 20.3 Å². The molecule has 0 saturated carbocycles. The second-order valence-electron chi connectivity index (χ2n) is 8.50. The predicted molar refractivity (Wildman–Crippen MR) is 137 cm³/mol. The van der Waals surface area contributed by atoms with Crippen LogP contribution in [-0.4, -0.2) is 43.1 Å². The van der Waals surface area contributed by atoms with Crippen LogP contribution in [0.2, 0.25) is 5.02 Å². The quantitative estimate of drug-likeness (QED) is 0.245. The number of halogens is 1. The summed E-state index contributed by atoms with van der Waals surface area (Å²) in [6.45, 7) is 6.28. The molecule has 36 heavy (non-hydrogen) atoms. The Hall–Kier alpha value is -3.60. The van der Waals surface area contributed by atoms with Crippen molar-refractivity contribution in [2.24, 2.45) is 0 Å². The number of nitriles is 1. The van der Waals surface area contributed by atoms with Crippen molar-refractivity contribution in [1.82, 2.24) is 4.90 Å². The van der Waals surface area contributed by atoms with E-state index in [1.807, 2.05) is 38.1 Å². The summed E-state index contributed by atoms with van der Waals surface area (Å²) in [5.74, 6) is -0.0382. The summed E-state index contributed by atoms with van der Waals surface area (Å²) in [4.78, 5) is 27.1. The van der Waals surface area contributed by atoms with Gasteiger partial charge in [0.2, 0.25) is 0 Å². The summed E-state index contributed by atoms with van der Waals surface area (Å²) in [6.07, 6.45) is 2.18. The van der Waals surface area contributed by atoms with E-state index >= 15 is 0 Å². The highest BCUT2D eigenvalue weighted by atomic mass is 35.5. The summed E-state index contributed by atoms with van der Waals surface area (Å²) < 4.78 is 16.9. The number of carbonyl (C=O) groups is 2. The minimum Gasteiger partial charge on any atom is -0.493 e. The lowest BCUT2D eigenvalue weighted by atomic mass is 9.93. The molecule has 0 unspecified atom stereocenters. The molecular formula is C28H29ClN2O5. The lowest BCUT2D eigenvalue weighted by molar-refractivity contribution is -0.140. The highest BCUT2D eigenvalue weighted by molar-refractivity contribution is 6.31. The minimum absolute atomic E-state index is 0.0442. The molecule has 0 atom stereocenters. The number of carbonyl (C=O) groups excluding carboxylic acids is 2. The molecule has 2 aromatic carbocycles. The molecule has 0 aromatic heterocycles. The molecule has 0 aliphatic carbocycles. The Morgan fingerprint density at radius 2 is 1.86 bits per heavy atom. The monoisotopic (exact) mass is 508 g/mol. The molecule has 3 rings (SSSR count). The standard InChI is InChI=1S/C28H29ClN2O5/c1-18(2)35-13-7-12-31-27(32)22(19(3)23(16-30)28(31)33)14-20-10-11-25(26(15-20)34-4)36-17-21-8-5-6-9-24(21)29/h5-6,8-11,14-15,18H,7,12-13,17H2,1-4H3/b22-14+. The maximum absolute atomic E-state index is 13.2. The van der Waals surface area contributed by atoms with Crippen LogP contribution in [0.25, 0.3) is 6.08 Å². The Morgan fingerprint density at radius 3 is 2.53 bits per heavy atom. The van der Waals surface area contributed by atoms with Gasteiger partial charge in [-0.25, -0.2) is 0 Å². The normalized spacial score (nSPS) is 15.0. The van der Waals surface area contributed by atoms with E-state index in [4.69, 9.17) is 25.8 Å². The van der Waals surface area contributed by atoms with E-state index in [1.165, 1.54) is 7.11 Å². The minimum atomic E-state index is -0.581. The molecule has 188 valence electrons. The van der Waals surface area contributed by atoms with Gasteiger partial charge < -0.3 is 14.2 Å². The van der Waals surface area contributed by atoms with Crippen molar-refractivity contribution in [1.29, 1.82) is 5.26 Å². The number of benzene rings is 2. The zero-order valence-corrected chi connectivity index (χ0v) is 21.6. The van der Waals surface area contributed by atoms with Crippen molar-refractivity contribution < 1.29 is 23.8 Å². The Balaban J connectivity index is 1.85. The third-order valence-corrected chi connectivity index (χ3v) is 6.01. The first-order valence-electron chi connectivity index (χ1n) is 11.6. The van der Waals surface area contributed by atoms with Gasteiger partial charge in [-0.3, -0.25) is 14.5 Å². The highest BCUT2D eigenvalue weighted by Crippen LogP contribution is 2.32. The van der Waals surface area contributed by atoms with Crippen LogP contribution < -0.4 is 9.47 Å². The number of ether oxygens (including phenoxy) is 3. The first-order valence-corrected chi connectivity index (χ1v) is 12.0. The molecule has 7 nitrogen and oxygen atoms in total. The molecule has 1 aliphatic heterocycles. The molecule has 0 radical (unpaired) electrons. The smallest absolute Gasteiger partial charge is 0.271 e. The number of hydrogen-bond donors (Lipinski definition) is 0. The van der Waals surface area contributed by atoms with Crippen molar-refractivity contribution in [3.63, 3.8) is 0 Å². The van der Waals surface area contributed by atoms with E-state index in [0.717, 1.165) is 10.5 Å². The van der Waals surface area contributed by atoms with Gasteiger partial charge in [0.15, 0.2) is 11.5 Å². The molecular weight excluding hydrogens is 480 g/mol. The van der Waals surface area contributed by atoms with Crippen molar-refractivity contribution in [3.05, 3.63) is 75.3 Å². The van der Waals surface area contributed by atoms with Crippen LogP contribution in [0.4, 0.5) is 0 Å². The van der Waals surface area contributed by atoms with Crippen LogP contribution in [0.1, 0.15) is 38.3 Å². The molecule has 2 amide bonds. The number of nitrogens with zero attached hydrogens (tertiary/aromatic N) is 2. The number of amides is 2. The molecule has 0 saturated heterocycles. The van der Waals surface area contributed by atoms with E-state index in [0.29, 0.717) is 40.7 Å². The van der Waals surface area contributed by atoms with Crippen molar-refractivity contribution in [2.45, 2.75) is 39.9 Å². The van der Waals surface area contributed by atoms with Gasteiger partial charge in [0.1, 0.15) is 18.2 Å². The largest absolute Gasteiger partial charge is 0.493 e. The summed E-state index contributed by atoms with van der Waals surface area (Å²) in [5.41, 5.74) is 2.09. The zero-order chi connectivity index (χ0) is 26.2. The Labute approximate surface area is 216 Å². The third kappa shape index (κ3) is 6.34. The summed E-state index contributed by atoms with van der Waals surface area (Å²) in [5, 5.41) is 10.2. The first kappa shape index (κ1) is 27.0. The Kier molecular flexibility index (Phi) is 9.29. The van der Waals surface area contributed by atoms with E-state index < -0.39 is 11.8 Å². The van der Waals surface area contributed by atoms with Crippen LogP contribution in [0.5, 0.6) is 11.5 Å². The van der Waals surface area contributed by atoms with Gasteiger partial charge in [-0.1, -0.05) is 35.9 Å². The fourth-order valence-electron chi connectivity index (χ4n) is 3.71. The fourth-order valence-corrected chi connectivity index (χ4v) is 3.90. The maximum Gasteiger partial charge on any atom is 0.271 e. The van der Waals surface area contributed by atoms with Gasteiger partial charge in [-0.05, 0) is 62.6 Å². The second kappa shape index (κ2) is 12.4. The molecule has 8 heteroatoms. The van der Waals surface area contributed by atoms with Crippen LogP contribution in [0, 0.1) is 11.3 Å². The number of imide groups is 1. The Bertz CT molecular complexity index is 1240. The van der Waals surface area contributed by atoms with Crippen LogP contribution in [-0.2, 0) is 20.9 Å². The predicted octanol–water partition coefficient (Wildman–Crippen LogP) is 5.33. The van der Waals surface area contributed by atoms with E-state index in [-0.39, 0.29) is 30.4 Å². The number of rotatable bonds is 10. The second-order valence-corrected chi connectivity index (χ2v) is 8.90. The lowest BCUT2D eigenvalue weighted by Gasteiger charge is -2.27. The topological polar surface area (TPSA) is 88.9 Å². The van der Waals surface area contributed by atoms with Gasteiger partial charge >= 0.3 is 0 Å². The van der Waals surface area contributed by atoms with E-state index in [9.17, 15) is 14.9 Å². The molecule has 0 fully saturated rings. The van der Waals surface area contributed by atoms with Gasteiger partial charge in [-0.15, -0.1) is 0 Å². The van der Waals surface area contributed by atoms with Crippen molar-refractivity contribution in [3.8, 4) is 17.6 Å². The van der Waals surface area contributed by atoms with E-state index in [1.54, 1.807) is 37.3 Å². The van der Waals surface area contributed by atoms with Gasteiger partial charge in [-0.2, -0.15) is 5.26 Å². The SMILES string of the molecule is COc1cc(/C=C2/C(=O)N(CCCOC(C)C)C(=O)C(C#N)=C2C)ccc1OCc1ccccc1Cl. The number of methoxy groups -OCH3 is 1. The van der Waals surface area contributed by atoms with Gasteiger partial charge in [0, 0.05) is 29.3 Å². The molecule has 0 bridgehead atoms. The van der Waals surface area contributed by atoms with Crippen LogP contribution >= 0.6 is 11.6 Å². The van der Waals surface area contributed by atoms with E-state index in [2.05, 4.69) is 0 Å². The summed E-state index contributed by atoms with van der Waals surface area (Å²) in [7, 11) is 1.53. The maximum atomic E-state index is 13.2. The van der Waals surface area contributed by atoms with Crippen LogP contribution in [0.15, 0.2) is 59.2 Å². The highest BCUT2D eigenvalue weighted by Gasteiger charge is 2.35. The Morgan fingerprint density at radius 1 is 1.11 bits per heavy atom. The van der Waals surface area contributed by atoms with Gasteiger partial charge in [0.05, 0.1) is 13.2 Å². The molecule has 0 N–H and O–H groups in total. The average Bonchev–Trinajstić information content (AvgIpc) is 2.86. The zero-order valence-electron chi connectivity index (χ0n) is 20.8. The lowest BCUT2D eigenvalue weighted by Crippen LogP contribution is -2.43. The summed E-state index contributed by atoms with van der Waals surface area (Å²) >= 11 is 6.21.